The largest absolute Gasteiger partial charge is 0.326 e. The van der Waals surface area contributed by atoms with Crippen molar-refractivity contribution in [2.45, 2.75) is 24.8 Å². The molecule has 1 rings (SSSR count). The maximum atomic E-state index is 11.8. The molecule has 0 heterocycles. The number of halogens is 1. The van der Waals surface area contributed by atoms with Crippen molar-refractivity contribution in [2.24, 2.45) is 5.73 Å². The van der Waals surface area contributed by atoms with Crippen LogP contribution in [0.15, 0.2) is 29.2 Å². The first-order chi connectivity index (χ1) is 6.61. The molecule has 1 aromatic carbocycles. The van der Waals surface area contributed by atoms with Crippen LogP contribution in [-0.2, 0) is 16.4 Å². The summed E-state index contributed by atoms with van der Waals surface area (Å²) in [6.07, 6.45) is 0.626. The fourth-order valence-corrected chi connectivity index (χ4v) is 2.95. The average Bonchev–Trinajstić information content (AvgIpc) is 2.18. The maximum absolute atomic E-state index is 11.8. The second kappa shape index (κ2) is 6.10. The molecular formula is C10H16ClNO2S. The quantitative estimate of drug-likeness (QED) is 0.885. The molecule has 0 fully saturated rings. The minimum Gasteiger partial charge on any atom is -0.326 e. The van der Waals surface area contributed by atoms with Gasteiger partial charge in [-0.25, -0.2) is 8.42 Å². The topological polar surface area (TPSA) is 60.2 Å². The van der Waals surface area contributed by atoms with Crippen LogP contribution >= 0.6 is 12.4 Å². The van der Waals surface area contributed by atoms with E-state index >= 15 is 0 Å². The van der Waals surface area contributed by atoms with Gasteiger partial charge >= 0.3 is 0 Å². The minimum absolute atomic E-state index is 0. The highest BCUT2D eigenvalue weighted by atomic mass is 35.5. The van der Waals surface area contributed by atoms with Crippen molar-refractivity contribution < 1.29 is 8.42 Å². The normalized spacial score (nSPS) is 10.8. The Morgan fingerprint density at radius 1 is 1.27 bits per heavy atom. The summed E-state index contributed by atoms with van der Waals surface area (Å²) in [5.74, 6) is 0.185. The lowest BCUT2D eigenvalue weighted by Gasteiger charge is -2.07. The number of nitrogens with two attached hydrogens (primary N) is 1. The van der Waals surface area contributed by atoms with Gasteiger partial charge in [-0.2, -0.15) is 0 Å². The van der Waals surface area contributed by atoms with Gasteiger partial charge < -0.3 is 5.73 Å². The molecule has 0 aliphatic rings. The Hall–Kier alpha value is -0.580. The Balaban J connectivity index is 0.00000196. The minimum atomic E-state index is -3.13. The summed E-state index contributed by atoms with van der Waals surface area (Å²) >= 11 is 0. The monoisotopic (exact) mass is 249 g/mol. The molecule has 1 aromatic rings. The van der Waals surface area contributed by atoms with Gasteiger partial charge in [0.1, 0.15) is 0 Å². The average molecular weight is 250 g/mol. The molecule has 86 valence electrons. The van der Waals surface area contributed by atoms with E-state index in [9.17, 15) is 8.42 Å². The van der Waals surface area contributed by atoms with Gasteiger partial charge in [0, 0.05) is 6.54 Å². The molecule has 0 saturated carbocycles. The molecule has 5 heteroatoms. The molecule has 3 nitrogen and oxygen atoms in total. The van der Waals surface area contributed by atoms with Crippen LogP contribution in [0.5, 0.6) is 0 Å². The maximum Gasteiger partial charge on any atom is 0.178 e. The number of hydrogen-bond donors (Lipinski definition) is 1. The van der Waals surface area contributed by atoms with Crippen LogP contribution in [-0.4, -0.2) is 14.2 Å². The fourth-order valence-electron chi connectivity index (χ4n) is 1.35. The van der Waals surface area contributed by atoms with Crippen molar-refractivity contribution in [2.75, 3.05) is 5.75 Å². The smallest absolute Gasteiger partial charge is 0.178 e. The van der Waals surface area contributed by atoms with Gasteiger partial charge in [0.25, 0.3) is 0 Å². The standard InChI is InChI=1S/C10H15NO2S.ClH/c1-2-7-14(12,13)10-6-4-3-5-9(10)8-11;/h3-6H,2,7-8,11H2,1H3;1H. The summed E-state index contributed by atoms with van der Waals surface area (Å²) in [7, 11) is -3.13. The van der Waals surface area contributed by atoms with E-state index < -0.39 is 9.84 Å². The van der Waals surface area contributed by atoms with Crippen molar-refractivity contribution in [1.29, 1.82) is 0 Å². The van der Waals surface area contributed by atoms with Crippen LogP contribution in [0.1, 0.15) is 18.9 Å². The Kier molecular flexibility index (Phi) is 5.87. The SMILES string of the molecule is CCCS(=O)(=O)c1ccccc1CN.Cl. The molecule has 0 aliphatic heterocycles. The van der Waals surface area contributed by atoms with Crippen LogP contribution < -0.4 is 5.73 Å². The Labute approximate surface area is 97.0 Å². The molecule has 0 spiro atoms. The third-order valence-corrected chi connectivity index (χ3v) is 4.01. The highest BCUT2D eigenvalue weighted by Gasteiger charge is 2.15. The van der Waals surface area contributed by atoms with E-state index in [-0.39, 0.29) is 24.7 Å². The van der Waals surface area contributed by atoms with Crippen molar-refractivity contribution in [3.63, 3.8) is 0 Å². The first kappa shape index (κ1) is 14.4. The number of hydrogen-bond acceptors (Lipinski definition) is 3. The molecule has 0 bridgehead atoms. The van der Waals surface area contributed by atoms with E-state index in [2.05, 4.69) is 0 Å². The molecule has 15 heavy (non-hydrogen) atoms. The molecule has 0 radical (unpaired) electrons. The fraction of sp³-hybridized carbons (Fsp3) is 0.400. The van der Waals surface area contributed by atoms with Gasteiger partial charge in [0.05, 0.1) is 10.6 Å². The highest BCUT2D eigenvalue weighted by molar-refractivity contribution is 7.91. The summed E-state index contributed by atoms with van der Waals surface area (Å²) in [5.41, 5.74) is 6.17. The Morgan fingerprint density at radius 3 is 2.40 bits per heavy atom. The number of sulfone groups is 1. The molecule has 0 aromatic heterocycles. The molecule has 0 aliphatic carbocycles. The van der Waals surface area contributed by atoms with Crippen molar-refractivity contribution in [3.05, 3.63) is 29.8 Å². The molecule has 0 saturated heterocycles. The third-order valence-electron chi connectivity index (χ3n) is 2.00. The molecule has 0 amide bonds. The number of benzene rings is 1. The zero-order valence-corrected chi connectivity index (χ0v) is 10.3. The molecule has 0 atom stereocenters. The first-order valence-corrected chi connectivity index (χ1v) is 6.27. The molecule has 0 unspecified atom stereocenters. The van der Waals surface area contributed by atoms with E-state index in [1.165, 1.54) is 0 Å². The Morgan fingerprint density at radius 2 is 1.87 bits per heavy atom. The van der Waals surface area contributed by atoms with E-state index in [4.69, 9.17) is 5.73 Å². The second-order valence-electron chi connectivity index (χ2n) is 3.13. The lowest BCUT2D eigenvalue weighted by Crippen LogP contribution is -2.10. The van der Waals surface area contributed by atoms with Gasteiger partial charge in [-0.3, -0.25) is 0 Å². The van der Waals surface area contributed by atoms with Crippen LogP contribution in [0.4, 0.5) is 0 Å². The van der Waals surface area contributed by atoms with Gasteiger partial charge in [-0.1, -0.05) is 25.1 Å². The lowest BCUT2D eigenvalue weighted by atomic mass is 10.2. The van der Waals surface area contributed by atoms with E-state index in [0.717, 1.165) is 0 Å². The Bertz CT molecular complexity index is 404. The van der Waals surface area contributed by atoms with Crippen LogP contribution in [0.3, 0.4) is 0 Å². The summed E-state index contributed by atoms with van der Waals surface area (Å²) in [6, 6.07) is 6.89. The van der Waals surface area contributed by atoms with E-state index in [0.29, 0.717) is 16.9 Å². The van der Waals surface area contributed by atoms with Crippen molar-refractivity contribution in [3.8, 4) is 0 Å². The zero-order valence-electron chi connectivity index (χ0n) is 8.64. The molecular weight excluding hydrogens is 234 g/mol. The van der Waals surface area contributed by atoms with Crippen molar-refractivity contribution in [1.82, 2.24) is 0 Å². The predicted molar refractivity (Wildman–Crippen MR) is 63.9 cm³/mol. The first-order valence-electron chi connectivity index (χ1n) is 4.62. The number of rotatable bonds is 4. The van der Waals surface area contributed by atoms with Gasteiger partial charge in [-0.15, -0.1) is 12.4 Å². The van der Waals surface area contributed by atoms with Gasteiger partial charge in [0.2, 0.25) is 0 Å². The van der Waals surface area contributed by atoms with Crippen LogP contribution in [0, 0.1) is 0 Å². The third kappa shape index (κ3) is 3.48. The summed E-state index contributed by atoms with van der Waals surface area (Å²) in [4.78, 5) is 0.379. The zero-order chi connectivity index (χ0) is 10.6. The lowest BCUT2D eigenvalue weighted by molar-refractivity contribution is 0.593. The summed E-state index contributed by atoms with van der Waals surface area (Å²) in [6.45, 7) is 2.11. The van der Waals surface area contributed by atoms with Crippen LogP contribution in [0.2, 0.25) is 0 Å². The summed E-state index contributed by atoms with van der Waals surface area (Å²) < 4.78 is 23.5. The van der Waals surface area contributed by atoms with Gasteiger partial charge in [-0.05, 0) is 18.1 Å². The highest BCUT2D eigenvalue weighted by Crippen LogP contribution is 2.16. The van der Waals surface area contributed by atoms with E-state index in [1.807, 2.05) is 6.92 Å². The second-order valence-corrected chi connectivity index (χ2v) is 5.21. The predicted octanol–water partition coefficient (Wildman–Crippen LogP) is 1.75. The van der Waals surface area contributed by atoms with Crippen molar-refractivity contribution >= 4 is 22.2 Å². The molecule has 2 N–H and O–H groups in total. The van der Waals surface area contributed by atoms with E-state index in [1.54, 1.807) is 24.3 Å². The summed E-state index contributed by atoms with van der Waals surface area (Å²) in [5, 5.41) is 0. The van der Waals surface area contributed by atoms with Gasteiger partial charge in [0.15, 0.2) is 9.84 Å². The van der Waals surface area contributed by atoms with Crippen LogP contribution in [0.25, 0.3) is 0 Å².